The number of halogens is 1. The molecule has 8 nitrogen and oxygen atoms in total. The molecule has 2 amide bonds. The van der Waals surface area contributed by atoms with Crippen molar-refractivity contribution in [2.45, 2.75) is 69.7 Å². The van der Waals surface area contributed by atoms with Gasteiger partial charge in [-0.15, -0.1) is 13.2 Å². The average molecular weight is 545 g/mol. The van der Waals surface area contributed by atoms with E-state index >= 15 is 0 Å². The zero-order valence-electron chi connectivity index (χ0n) is 22.1. The van der Waals surface area contributed by atoms with Crippen LogP contribution in [0.3, 0.4) is 0 Å². The minimum atomic E-state index is -1.19. The van der Waals surface area contributed by atoms with Crippen LogP contribution in [0.5, 0.6) is 0 Å². The number of nitrogens with zero attached hydrogens (tertiary/aromatic N) is 2. The molecule has 2 unspecified atom stereocenters. The van der Waals surface area contributed by atoms with Crippen LogP contribution in [0.25, 0.3) is 0 Å². The van der Waals surface area contributed by atoms with Crippen molar-refractivity contribution in [3.05, 3.63) is 54.1 Å². The number of hydrogen-bond acceptors (Lipinski definition) is 6. The van der Waals surface area contributed by atoms with Gasteiger partial charge in [-0.25, -0.2) is 0 Å². The number of aliphatic hydroxyl groups excluding tert-OH is 1. The van der Waals surface area contributed by atoms with Crippen molar-refractivity contribution in [1.29, 1.82) is 0 Å². The van der Waals surface area contributed by atoms with Crippen LogP contribution >= 0.6 is 11.6 Å². The fourth-order valence-corrected chi connectivity index (χ4v) is 6.72. The van der Waals surface area contributed by atoms with Gasteiger partial charge in [-0.05, 0) is 57.6 Å². The van der Waals surface area contributed by atoms with Crippen LogP contribution in [0.2, 0.25) is 5.02 Å². The zero-order valence-corrected chi connectivity index (χ0v) is 22.9. The molecule has 9 heteroatoms. The third-order valence-electron chi connectivity index (χ3n) is 8.07. The number of aryl methyl sites for hydroxylation is 1. The molecule has 3 heterocycles. The lowest BCUT2D eigenvalue weighted by molar-refractivity contribution is -0.155. The summed E-state index contributed by atoms with van der Waals surface area (Å²) >= 11 is 6.55. The highest BCUT2D eigenvalue weighted by molar-refractivity contribution is 6.34. The van der Waals surface area contributed by atoms with Gasteiger partial charge in [0.2, 0.25) is 5.91 Å². The Morgan fingerprint density at radius 2 is 2.11 bits per heavy atom. The average Bonchev–Trinajstić information content (AvgIpc) is 3.54. The van der Waals surface area contributed by atoms with E-state index in [4.69, 9.17) is 21.1 Å². The van der Waals surface area contributed by atoms with Gasteiger partial charge in [0.05, 0.1) is 47.9 Å². The first kappa shape index (κ1) is 28.3. The van der Waals surface area contributed by atoms with Crippen LogP contribution < -0.4 is 4.90 Å². The third kappa shape index (κ3) is 4.67. The number of fused-ring (bicyclic) bond motifs is 1. The van der Waals surface area contributed by atoms with Crippen LogP contribution in [0.1, 0.15) is 44.6 Å². The molecule has 6 atom stereocenters. The normalized spacial score (nSPS) is 28.2. The SMILES string of the molecule is C=CCCCCOC(=O)[C@@H]1[C@H]2C(=O)N([C@H](C)CO)C(C(=O)N(CC=C)c3c(C)cccc3Cl)C23CC[C@H]1O3. The number of unbranched alkanes of at least 4 members (excludes halogenated alkanes) is 2. The number of amides is 2. The number of ether oxygens (including phenoxy) is 2. The Kier molecular flexibility index (Phi) is 8.65. The van der Waals surface area contributed by atoms with E-state index in [0.29, 0.717) is 30.0 Å². The summed E-state index contributed by atoms with van der Waals surface area (Å²) in [6.07, 6.45) is 6.30. The lowest BCUT2D eigenvalue weighted by atomic mass is 9.70. The molecular formula is C29H37ClN2O6. The predicted molar refractivity (Wildman–Crippen MR) is 145 cm³/mol. The zero-order chi connectivity index (χ0) is 27.6. The highest BCUT2D eigenvalue weighted by atomic mass is 35.5. The van der Waals surface area contributed by atoms with Gasteiger partial charge >= 0.3 is 5.97 Å². The lowest BCUT2D eigenvalue weighted by Crippen LogP contribution is -2.58. The Bertz CT molecular complexity index is 1090. The first-order valence-corrected chi connectivity index (χ1v) is 13.7. The van der Waals surface area contributed by atoms with Gasteiger partial charge in [0.15, 0.2) is 0 Å². The first-order chi connectivity index (χ1) is 18.2. The van der Waals surface area contributed by atoms with Gasteiger partial charge < -0.3 is 24.4 Å². The number of carbonyl (C=O) groups excluding carboxylic acids is 3. The molecule has 1 aromatic carbocycles. The monoisotopic (exact) mass is 544 g/mol. The Morgan fingerprint density at radius 1 is 1.34 bits per heavy atom. The number of esters is 1. The van der Waals surface area contributed by atoms with Crippen molar-refractivity contribution in [2.75, 3.05) is 24.7 Å². The Labute approximate surface area is 229 Å². The largest absolute Gasteiger partial charge is 0.465 e. The van der Waals surface area contributed by atoms with E-state index in [1.807, 2.05) is 19.1 Å². The molecule has 3 aliphatic rings. The van der Waals surface area contributed by atoms with E-state index in [9.17, 15) is 19.5 Å². The van der Waals surface area contributed by atoms with Crippen molar-refractivity contribution in [3.8, 4) is 0 Å². The van der Waals surface area contributed by atoms with E-state index in [-0.39, 0.29) is 31.6 Å². The summed E-state index contributed by atoms with van der Waals surface area (Å²) in [7, 11) is 0. The van der Waals surface area contributed by atoms with Crippen molar-refractivity contribution < 1.29 is 29.0 Å². The summed E-state index contributed by atoms with van der Waals surface area (Å²) in [6, 6.07) is 3.68. The fourth-order valence-electron chi connectivity index (χ4n) is 6.39. The second-order valence-electron chi connectivity index (χ2n) is 10.4. The molecular weight excluding hydrogens is 508 g/mol. The van der Waals surface area contributed by atoms with E-state index in [1.165, 1.54) is 9.80 Å². The van der Waals surface area contributed by atoms with Crippen molar-refractivity contribution in [3.63, 3.8) is 0 Å². The van der Waals surface area contributed by atoms with Gasteiger partial charge in [0.25, 0.3) is 5.91 Å². The lowest BCUT2D eigenvalue weighted by Gasteiger charge is -2.39. The Balaban J connectivity index is 1.70. The summed E-state index contributed by atoms with van der Waals surface area (Å²) in [5.74, 6) is -2.87. The standard InChI is InChI=1S/C29H37ClN2O6/c1-5-7-8-9-16-37-28(36)22-21-13-14-29(38-21)23(22)26(34)32(19(4)17-33)25(29)27(35)31(15-6-2)24-18(3)11-10-12-20(24)30/h5-6,10-12,19,21-23,25,33H,1-2,7-9,13-17H2,3-4H3/t19-,21-,22+,23+,25?,29?/m1/s1. The molecule has 1 aromatic rings. The number of benzene rings is 1. The molecule has 0 aliphatic carbocycles. The van der Waals surface area contributed by atoms with E-state index in [1.54, 1.807) is 25.1 Å². The molecule has 206 valence electrons. The maximum atomic E-state index is 14.4. The summed E-state index contributed by atoms with van der Waals surface area (Å²) in [5.41, 5.74) is 0.136. The molecule has 3 saturated heterocycles. The molecule has 1 spiro atoms. The molecule has 0 radical (unpaired) electrons. The van der Waals surface area contributed by atoms with Gasteiger partial charge in [-0.3, -0.25) is 14.4 Å². The van der Waals surface area contributed by atoms with Crippen molar-refractivity contribution >= 4 is 35.1 Å². The fraction of sp³-hybridized carbons (Fsp3) is 0.552. The second-order valence-corrected chi connectivity index (χ2v) is 10.8. The summed E-state index contributed by atoms with van der Waals surface area (Å²) in [5, 5.41) is 10.5. The summed E-state index contributed by atoms with van der Waals surface area (Å²) < 4.78 is 12.0. The summed E-state index contributed by atoms with van der Waals surface area (Å²) in [6.45, 7) is 11.1. The number of aliphatic hydroxyl groups is 1. The number of likely N-dealkylation sites (tertiary alicyclic amines) is 1. The second kappa shape index (κ2) is 11.6. The van der Waals surface area contributed by atoms with Crippen LogP contribution in [0, 0.1) is 18.8 Å². The van der Waals surface area contributed by atoms with E-state index in [2.05, 4.69) is 13.2 Å². The molecule has 0 aromatic heterocycles. The smallest absolute Gasteiger partial charge is 0.312 e. The third-order valence-corrected chi connectivity index (χ3v) is 8.37. The molecule has 38 heavy (non-hydrogen) atoms. The van der Waals surface area contributed by atoms with Crippen molar-refractivity contribution in [1.82, 2.24) is 4.90 Å². The van der Waals surface area contributed by atoms with Gasteiger partial charge in [0, 0.05) is 6.54 Å². The minimum absolute atomic E-state index is 0.162. The van der Waals surface area contributed by atoms with Gasteiger partial charge in [0.1, 0.15) is 11.6 Å². The van der Waals surface area contributed by atoms with Gasteiger partial charge in [-0.2, -0.15) is 0 Å². The molecule has 3 fully saturated rings. The molecule has 4 rings (SSSR count). The molecule has 1 N–H and O–H groups in total. The molecule has 3 aliphatic heterocycles. The van der Waals surface area contributed by atoms with Crippen LogP contribution in [-0.2, 0) is 23.9 Å². The van der Waals surface area contributed by atoms with E-state index in [0.717, 1.165) is 18.4 Å². The Hall–Kier alpha value is -2.68. The van der Waals surface area contributed by atoms with Crippen LogP contribution in [0.4, 0.5) is 5.69 Å². The highest BCUT2D eigenvalue weighted by Crippen LogP contribution is 2.59. The number of hydrogen-bond donors (Lipinski definition) is 1. The number of allylic oxidation sites excluding steroid dienone is 1. The topological polar surface area (TPSA) is 96.4 Å². The first-order valence-electron chi connectivity index (χ1n) is 13.3. The highest BCUT2D eigenvalue weighted by Gasteiger charge is 2.75. The van der Waals surface area contributed by atoms with Crippen molar-refractivity contribution in [2.24, 2.45) is 11.8 Å². The maximum Gasteiger partial charge on any atom is 0.312 e. The maximum absolute atomic E-state index is 14.4. The summed E-state index contributed by atoms with van der Waals surface area (Å²) in [4.78, 5) is 44.6. The quantitative estimate of drug-likeness (QED) is 0.244. The number of anilines is 1. The number of rotatable bonds is 12. The predicted octanol–water partition coefficient (Wildman–Crippen LogP) is 3.82. The minimum Gasteiger partial charge on any atom is -0.465 e. The van der Waals surface area contributed by atoms with Crippen LogP contribution in [0.15, 0.2) is 43.5 Å². The van der Waals surface area contributed by atoms with E-state index < -0.39 is 41.6 Å². The molecule has 2 bridgehead atoms. The number of carbonyl (C=O) groups is 3. The number of para-hydroxylation sites is 1. The van der Waals surface area contributed by atoms with Crippen LogP contribution in [-0.4, -0.2) is 71.3 Å². The Morgan fingerprint density at radius 3 is 2.76 bits per heavy atom. The molecule has 0 saturated carbocycles. The van der Waals surface area contributed by atoms with Gasteiger partial charge in [-0.1, -0.05) is 35.9 Å².